The fraction of sp³-hybridized carbons (Fsp3) is 0.400. The van der Waals surface area contributed by atoms with Gasteiger partial charge in [0.25, 0.3) is 0 Å². The molecular formula is C30H35B2NO8. The second-order valence-corrected chi connectivity index (χ2v) is 11.5. The van der Waals surface area contributed by atoms with E-state index in [0.717, 1.165) is 32.7 Å². The number of nitrogens with zero attached hydrogens (tertiary/aromatic N) is 1. The van der Waals surface area contributed by atoms with Gasteiger partial charge in [0.1, 0.15) is 5.75 Å². The molecular weight excluding hydrogens is 524 g/mol. The van der Waals surface area contributed by atoms with Gasteiger partial charge in [0, 0.05) is 0 Å². The van der Waals surface area contributed by atoms with Crippen LogP contribution in [0.5, 0.6) is 5.75 Å². The molecule has 0 unspecified atom stereocenters. The molecule has 5 rings (SSSR count). The van der Waals surface area contributed by atoms with Crippen molar-refractivity contribution in [2.75, 3.05) is 11.5 Å². The second kappa shape index (κ2) is 11.6. The third kappa shape index (κ3) is 5.52. The van der Waals surface area contributed by atoms with Gasteiger partial charge in [0.2, 0.25) is 11.8 Å². The Kier molecular flexibility index (Phi) is 8.27. The molecule has 0 radical (unpaired) electrons. The van der Waals surface area contributed by atoms with E-state index in [0.29, 0.717) is 18.4 Å². The number of aliphatic hydroxyl groups is 1. The molecule has 5 N–H and O–H groups in total. The molecule has 0 bridgehead atoms. The van der Waals surface area contributed by atoms with Gasteiger partial charge < -0.3 is 29.9 Å². The maximum Gasteiger partial charge on any atom is 0.488 e. The van der Waals surface area contributed by atoms with Gasteiger partial charge >= 0.3 is 14.2 Å². The maximum absolute atomic E-state index is 13.8. The fourth-order valence-corrected chi connectivity index (χ4v) is 6.78. The molecule has 2 aromatic carbocycles. The Morgan fingerprint density at radius 3 is 2.49 bits per heavy atom. The smallest absolute Gasteiger partial charge is 0.488 e. The van der Waals surface area contributed by atoms with Crippen molar-refractivity contribution in [3.63, 3.8) is 0 Å². The summed E-state index contributed by atoms with van der Waals surface area (Å²) in [6.45, 7) is 5.43. The van der Waals surface area contributed by atoms with E-state index in [1.165, 1.54) is 12.1 Å². The number of phenolic OH excluding ortho intramolecular Hbond substituents is 1. The van der Waals surface area contributed by atoms with Crippen molar-refractivity contribution in [3.8, 4) is 5.75 Å². The Morgan fingerprint density at radius 2 is 1.83 bits per heavy atom. The maximum atomic E-state index is 13.8. The molecule has 0 spiro atoms. The molecule has 2 heterocycles. The largest absolute Gasteiger partial charge is 0.507 e. The number of benzene rings is 2. The van der Waals surface area contributed by atoms with E-state index in [1.807, 2.05) is 39.0 Å². The predicted octanol–water partition coefficient (Wildman–Crippen LogP) is 1.87. The standard InChI is InChI=1S/C30H35B2NO8/c1-16(9-19-10-17(2)28(35)18(3)11-19)7-8-25-26-20(15-34)12-23-27(24(26)14-31(38)41-25)30(37)33(29(23)36)22-6-4-5-21(13-22)32(39)40/h4-6,9-11,13,23-25,27,34-35,38-40H,7-8,12,14-15H2,1-3H3/b16-9+/t23-,24+,25-,27-/m1/s1. The van der Waals surface area contributed by atoms with Crippen LogP contribution in [0.4, 0.5) is 5.69 Å². The molecule has 2 aromatic rings. The summed E-state index contributed by atoms with van der Waals surface area (Å²) in [5, 5.41) is 50.3. The topological polar surface area (TPSA) is 148 Å². The molecule has 214 valence electrons. The zero-order chi connectivity index (χ0) is 29.6. The van der Waals surface area contributed by atoms with Crippen LogP contribution in [0.1, 0.15) is 42.9 Å². The van der Waals surface area contributed by atoms with Gasteiger partial charge in [-0.3, -0.25) is 14.5 Å². The minimum Gasteiger partial charge on any atom is -0.507 e. The number of carbonyl (C=O) groups is 2. The summed E-state index contributed by atoms with van der Waals surface area (Å²) in [6, 6.07) is 9.88. The van der Waals surface area contributed by atoms with Crippen molar-refractivity contribution >= 4 is 43.3 Å². The molecule has 3 aliphatic rings. The monoisotopic (exact) mass is 559 g/mol. The number of hydrogen-bond donors (Lipinski definition) is 5. The van der Waals surface area contributed by atoms with Crippen molar-refractivity contribution in [2.45, 2.75) is 52.5 Å². The number of hydrogen-bond acceptors (Lipinski definition) is 8. The summed E-state index contributed by atoms with van der Waals surface area (Å²) in [6.07, 6.45) is 3.03. The number of aliphatic hydroxyl groups excluding tert-OH is 1. The zero-order valence-electron chi connectivity index (χ0n) is 23.4. The molecule has 2 saturated heterocycles. The number of phenols is 1. The van der Waals surface area contributed by atoms with Crippen LogP contribution in [0.2, 0.25) is 6.32 Å². The van der Waals surface area contributed by atoms with Crippen LogP contribution in [0, 0.1) is 31.6 Å². The number of aryl methyl sites for hydroxylation is 2. The molecule has 1 aliphatic carbocycles. The quantitative estimate of drug-likeness (QED) is 0.196. The Hall–Kier alpha value is -3.21. The van der Waals surface area contributed by atoms with Crippen molar-refractivity contribution in [3.05, 3.63) is 69.8 Å². The summed E-state index contributed by atoms with van der Waals surface area (Å²) >= 11 is 0. The van der Waals surface area contributed by atoms with Gasteiger partial charge in [0.05, 0.1) is 30.2 Å². The first-order chi connectivity index (χ1) is 19.5. The highest BCUT2D eigenvalue weighted by Crippen LogP contribution is 2.51. The minimum atomic E-state index is -1.75. The van der Waals surface area contributed by atoms with E-state index in [2.05, 4.69) is 0 Å². The second-order valence-electron chi connectivity index (χ2n) is 11.5. The van der Waals surface area contributed by atoms with Crippen molar-refractivity contribution in [1.29, 1.82) is 0 Å². The molecule has 2 aliphatic heterocycles. The molecule has 2 fully saturated rings. The molecule has 2 amide bonds. The number of amides is 2. The van der Waals surface area contributed by atoms with E-state index in [9.17, 15) is 34.9 Å². The number of aromatic hydroxyl groups is 1. The minimum absolute atomic E-state index is 0.139. The van der Waals surface area contributed by atoms with E-state index < -0.39 is 49.9 Å². The van der Waals surface area contributed by atoms with Gasteiger partial charge in [-0.1, -0.05) is 23.8 Å². The molecule has 41 heavy (non-hydrogen) atoms. The molecule has 0 saturated carbocycles. The summed E-state index contributed by atoms with van der Waals surface area (Å²) in [5.74, 6) is -2.38. The van der Waals surface area contributed by atoms with E-state index in [-0.39, 0.29) is 36.2 Å². The summed E-state index contributed by atoms with van der Waals surface area (Å²) in [4.78, 5) is 28.4. The third-order valence-corrected chi connectivity index (χ3v) is 8.65. The third-order valence-electron chi connectivity index (χ3n) is 8.65. The van der Waals surface area contributed by atoms with Gasteiger partial charge in [-0.05, 0) is 110 Å². The van der Waals surface area contributed by atoms with Crippen molar-refractivity contribution in [2.24, 2.45) is 17.8 Å². The number of rotatable bonds is 7. The first kappa shape index (κ1) is 29.3. The van der Waals surface area contributed by atoms with Crippen LogP contribution in [0.3, 0.4) is 0 Å². The predicted molar refractivity (Wildman–Crippen MR) is 156 cm³/mol. The Balaban J connectivity index is 1.41. The van der Waals surface area contributed by atoms with Gasteiger partial charge in [-0.15, -0.1) is 0 Å². The van der Waals surface area contributed by atoms with Crippen LogP contribution in [0.15, 0.2) is 53.1 Å². The van der Waals surface area contributed by atoms with Crippen LogP contribution >= 0.6 is 0 Å². The zero-order valence-corrected chi connectivity index (χ0v) is 23.4. The van der Waals surface area contributed by atoms with Gasteiger partial charge in [-0.25, -0.2) is 0 Å². The highest BCUT2D eigenvalue weighted by molar-refractivity contribution is 6.58. The first-order valence-corrected chi connectivity index (χ1v) is 14.0. The van der Waals surface area contributed by atoms with Crippen LogP contribution < -0.4 is 10.4 Å². The fourth-order valence-electron chi connectivity index (χ4n) is 6.78. The normalized spacial score (nSPS) is 24.6. The lowest BCUT2D eigenvalue weighted by Crippen LogP contribution is -2.46. The van der Waals surface area contributed by atoms with E-state index >= 15 is 0 Å². The average Bonchev–Trinajstić information content (AvgIpc) is 3.18. The number of imide groups is 1. The van der Waals surface area contributed by atoms with Gasteiger partial charge in [-0.2, -0.15) is 0 Å². The number of carbonyl (C=O) groups excluding carboxylic acids is 2. The molecule has 11 heteroatoms. The van der Waals surface area contributed by atoms with Crippen LogP contribution in [-0.2, 0) is 14.2 Å². The van der Waals surface area contributed by atoms with Gasteiger partial charge in [0.15, 0.2) is 0 Å². The SMILES string of the molecule is C/C(=C\c1cc(C)c(O)c(C)c1)CC[C@H]1OB(O)C[C@H]2C1=C(CO)C[C@H]1C(=O)N(c3cccc(B(O)O)c3)C(=O)[C@H]12. The Bertz CT molecular complexity index is 1410. The molecule has 9 nitrogen and oxygen atoms in total. The first-order valence-electron chi connectivity index (χ1n) is 14.0. The highest BCUT2D eigenvalue weighted by atomic mass is 16.5. The number of anilines is 1. The summed E-state index contributed by atoms with van der Waals surface area (Å²) in [7, 11) is -2.87. The van der Waals surface area contributed by atoms with E-state index in [1.54, 1.807) is 12.1 Å². The van der Waals surface area contributed by atoms with Crippen LogP contribution in [0.25, 0.3) is 6.08 Å². The lowest BCUT2D eigenvalue weighted by atomic mass is 9.58. The molecule has 0 aromatic heterocycles. The summed E-state index contributed by atoms with van der Waals surface area (Å²) < 4.78 is 5.97. The van der Waals surface area contributed by atoms with Crippen molar-refractivity contribution < 1.29 is 39.5 Å². The Morgan fingerprint density at radius 1 is 1.12 bits per heavy atom. The summed E-state index contributed by atoms with van der Waals surface area (Å²) in [5.41, 5.74) is 5.52. The Labute approximate surface area is 240 Å². The number of allylic oxidation sites excluding steroid dienone is 1. The van der Waals surface area contributed by atoms with E-state index in [4.69, 9.17) is 4.65 Å². The lowest BCUT2D eigenvalue weighted by Gasteiger charge is -2.42. The number of fused-ring (bicyclic) bond motifs is 3. The average molecular weight is 559 g/mol. The highest BCUT2D eigenvalue weighted by Gasteiger charge is 2.57. The molecule has 4 atom stereocenters. The van der Waals surface area contributed by atoms with Crippen LogP contribution in [-0.4, -0.2) is 64.0 Å². The van der Waals surface area contributed by atoms with Crippen molar-refractivity contribution in [1.82, 2.24) is 0 Å². The lowest BCUT2D eigenvalue weighted by molar-refractivity contribution is -0.122.